The van der Waals surface area contributed by atoms with Gasteiger partial charge in [0.2, 0.25) is 0 Å². The van der Waals surface area contributed by atoms with Crippen molar-refractivity contribution in [3.8, 4) is 0 Å². The van der Waals surface area contributed by atoms with E-state index in [9.17, 15) is 0 Å². The Balaban J connectivity index is 3.18. The van der Waals surface area contributed by atoms with Crippen LogP contribution in [0.4, 0.5) is 0 Å². The molecule has 0 heteroatoms. The summed E-state index contributed by atoms with van der Waals surface area (Å²) < 4.78 is 0. The lowest BCUT2D eigenvalue weighted by Crippen LogP contribution is -1.98. The van der Waals surface area contributed by atoms with E-state index < -0.39 is 0 Å². The first-order chi connectivity index (χ1) is 4.35. The molecule has 0 aliphatic heterocycles. The molecule has 0 aromatic carbocycles. The molecule has 0 unspecified atom stereocenters. The lowest BCUT2D eigenvalue weighted by atomic mass is 9.96. The van der Waals surface area contributed by atoms with Gasteiger partial charge in [0.25, 0.3) is 0 Å². The van der Waals surface area contributed by atoms with Crippen LogP contribution in [0.25, 0.3) is 0 Å². The highest BCUT2D eigenvalue weighted by molar-refractivity contribution is 4.84. The lowest BCUT2D eigenvalue weighted by molar-refractivity contribution is 0.625. The average molecular weight is 126 g/mol. The summed E-state index contributed by atoms with van der Waals surface area (Å²) in [7, 11) is 0. The molecule has 0 amide bonds. The van der Waals surface area contributed by atoms with Gasteiger partial charge in [-0.05, 0) is 18.8 Å². The molecule has 0 aliphatic rings. The number of hydrogen-bond acceptors (Lipinski definition) is 0. The van der Waals surface area contributed by atoms with Crippen molar-refractivity contribution in [2.45, 2.75) is 40.0 Å². The van der Waals surface area contributed by atoms with Crippen LogP contribution in [0.15, 0.2) is 0 Å². The number of rotatable bonds is 5. The van der Waals surface area contributed by atoms with E-state index in [1.165, 1.54) is 19.3 Å². The summed E-state index contributed by atoms with van der Waals surface area (Å²) in [6, 6.07) is 0. The van der Waals surface area contributed by atoms with Crippen molar-refractivity contribution in [3.63, 3.8) is 0 Å². The highest BCUT2D eigenvalue weighted by atomic mass is 14.1. The Kier molecular flexibility index (Phi) is 6.12. The van der Waals surface area contributed by atoms with Crippen LogP contribution < -0.4 is 0 Å². The molecule has 0 rings (SSSR count). The van der Waals surface area contributed by atoms with Gasteiger partial charge in [-0.1, -0.05) is 40.0 Å². The fourth-order valence-electron chi connectivity index (χ4n) is 1.04. The normalized spacial score (nSPS) is 10.7. The van der Waals surface area contributed by atoms with Crippen molar-refractivity contribution in [2.75, 3.05) is 0 Å². The van der Waals surface area contributed by atoms with Crippen LogP contribution in [-0.4, -0.2) is 0 Å². The van der Waals surface area contributed by atoms with Crippen LogP contribution in [0.1, 0.15) is 40.0 Å². The molecule has 0 aromatic rings. The van der Waals surface area contributed by atoms with Crippen LogP contribution in [0.5, 0.6) is 0 Å². The van der Waals surface area contributed by atoms with Gasteiger partial charge in [-0.15, -0.1) is 0 Å². The maximum absolute atomic E-state index is 2.38. The monoisotopic (exact) mass is 126 g/mol. The Labute approximate surface area is 59.7 Å². The third-order valence-corrected chi connectivity index (χ3v) is 1.55. The Morgan fingerprint density at radius 1 is 1.00 bits per heavy atom. The van der Waals surface area contributed by atoms with Gasteiger partial charge < -0.3 is 0 Å². The van der Waals surface area contributed by atoms with E-state index in [1.54, 1.807) is 0 Å². The Morgan fingerprint density at radius 3 is 1.67 bits per heavy atom. The summed E-state index contributed by atoms with van der Waals surface area (Å²) in [6.07, 6.45) is 8.43. The van der Waals surface area contributed by atoms with E-state index in [0.29, 0.717) is 0 Å². The summed E-state index contributed by atoms with van der Waals surface area (Å²) >= 11 is 0. The number of hydrogen-bond donors (Lipinski definition) is 0. The van der Waals surface area contributed by atoms with Gasteiger partial charge >= 0.3 is 0 Å². The SMILES string of the molecule is CC[CH]C([CH]CC)CC. The van der Waals surface area contributed by atoms with Gasteiger partial charge in [-0.2, -0.15) is 0 Å². The minimum Gasteiger partial charge on any atom is -0.0651 e. The van der Waals surface area contributed by atoms with E-state index in [0.717, 1.165) is 5.92 Å². The molecule has 0 saturated carbocycles. The zero-order chi connectivity index (χ0) is 7.11. The third-order valence-electron chi connectivity index (χ3n) is 1.55. The standard InChI is InChI=1S/C9H18/c1-4-7-9(6-3)8-5-2/h7-9H,4-6H2,1-3H3. The minimum atomic E-state index is 0.764. The molecule has 0 fully saturated rings. The molecule has 0 atom stereocenters. The summed E-state index contributed by atoms with van der Waals surface area (Å²) in [4.78, 5) is 0. The molecule has 0 heterocycles. The summed E-state index contributed by atoms with van der Waals surface area (Å²) in [5.74, 6) is 0.764. The van der Waals surface area contributed by atoms with Crippen LogP contribution >= 0.6 is 0 Å². The van der Waals surface area contributed by atoms with Gasteiger partial charge in [0.05, 0.1) is 0 Å². The minimum absolute atomic E-state index is 0.764. The smallest absolute Gasteiger partial charge is 0.0355 e. The first kappa shape index (κ1) is 9.00. The molecule has 0 spiro atoms. The van der Waals surface area contributed by atoms with Gasteiger partial charge in [0.15, 0.2) is 0 Å². The first-order valence-electron chi connectivity index (χ1n) is 4.01. The quantitative estimate of drug-likeness (QED) is 0.530. The fraction of sp³-hybridized carbons (Fsp3) is 0.778. The predicted molar refractivity (Wildman–Crippen MR) is 43.0 cm³/mol. The lowest BCUT2D eigenvalue weighted by Gasteiger charge is -2.09. The Morgan fingerprint density at radius 2 is 1.44 bits per heavy atom. The molecule has 0 aliphatic carbocycles. The van der Waals surface area contributed by atoms with E-state index in [2.05, 4.69) is 33.6 Å². The van der Waals surface area contributed by atoms with Crippen LogP contribution in [0.3, 0.4) is 0 Å². The topological polar surface area (TPSA) is 0 Å². The summed E-state index contributed by atoms with van der Waals surface area (Å²) in [5, 5.41) is 0. The molecule has 0 saturated heterocycles. The zero-order valence-electron chi connectivity index (χ0n) is 6.85. The molecule has 0 aromatic heterocycles. The first-order valence-corrected chi connectivity index (χ1v) is 4.01. The third kappa shape index (κ3) is 4.50. The van der Waals surface area contributed by atoms with Gasteiger partial charge in [0, 0.05) is 0 Å². The highest BCUT2D eigenvalue weighted by Gasteiger charge is 2.02. The fourth-order valence-corrected chi connectivity index (χ4v) is 1.04. The summed E-state index contributed by atoms with van der Waals surface area (Å²) in [6.45, 7) is 6.64. The maximum Gasteiger partial charge on any atom is -0.0355 e. The second kappa shape index (κ2) is 6.12. The zero-order valence-corrected chi connectivity index (χ0v) is 6.85. The summed E-state index contributed by atoms with van der Waals surface area (Å²) in [5.41, 5.74) is 0. The van der Waals surface area contributed by atoms with Crippen molar-refractivity contribution in [3.05, 3.63) is 12.8 Å². The molecule has 54 valence electrons. The molecule has 2 radical (unpaired) electrons. The molecular formula is C9H18. The van der Waals surface area contributed by atoms with Crippen LogP contribution in [0, 0.1) is 18.8 Å². The van der Waals surface area contributed by atoms with Crippen molar-refractivity contribution in [2.24, 2.45) is 5.92 Å². The molecule has 0 N–H and O–H groups in total. The second-order valence-electron chi connectivity index (χ2n) is 2.36. The molecular weight excluding hydrogens is 108 g/mol. The van der Waals surface area contributed by atoms with Crippen LogP contribution in [0.2, 0.25) is 0 Å². The van der Waals surface area contributed by atoms with Crippen molar-refractivity contribution in [1.29, 1.82) is 0 Å². The van der Waals surface area contributed by atoms with E-state index in [-0.39, 0.29) is 0 Å². The molecule has 0 nitrogen and oxygen atoms in total. The second-order valence-corrected chi connectivity index (χ2v) is 2.36. The van der Waals surface area contributed by atoms with E-state index in [4.69, 9.17) is 0 Å². The Hall–Kier alpha value is 0. The van der Waals surface area contributed by atoms with Crippen LogP contribution in [-0.2, 0) is 0 Å². The Bertz CT molecular complexity index is 42.0. The van der Waals surface area contributed by atoms with Crippen molar-refractivity contribution in [1.82, 2.24) is 0 Å². The van der Waals surface area contributed by atoms with E-state index in [1.807, 2.05) is 0 Å². The molecule has 9 heavy (non-hydrogen) atoms. The van der Waals surface area contributed by atoms with E-state index >= 15 is 0 Å². The van der Waals surface area contributed by atoms with Gasteiger partial charge in [-0.3, -0.25) is 0 Å². The highest BCUT2D eigenvalue weighted by Crippen LogP contribution is 2.13. The molecule has 0 bridgehead atoms. The predicted octanol–water partition coefficient (Wildman–Crippen LogP) is 3.24. The van der Waals surface area contributed by atoms with Gasteiger partial charge in [0.1, 0.15) is 0 Å². The van der Waals surface area contributed by atoms with Crippen molar-refractivity contribution < 1.29 is 0 Å². The maximum atomic E-state index is 2.38. The van der Waals surface area contributed by atoms with Gasteiger partial charge in [-0.25, -0.2) is 0 Å². The van der Waals surface area contributed by atoms with Crippen molar-refractivity contribution >= 4 is 0 Å². The average Bonchev–Trinajstić information content (AvgIpc) is 1.88. The largest absolute Gasteiger partial charge is 0.0651 e.